The van der Waals surface area contributed by atoms with E-state index in [9.17, 15) is 40.3 Å². The van der Waals surface area contributed by atoms with Gasteiger partial charge in [0.1, 0.15) is 5.75 Å². The molecule has 1 N–H and O–H groups in total. The van der Waals surface area contributed by atoms with Crippen LogP contribution in [0.1, 0.15) is 51.6 Å². The standard InChI is InChI=1S/C28H23BrClF7N2O3/c1-3-15(23(40)16-9-11-38-12-10-16)7-8-17-5-4-6-19(24(17)42-2)25(41)39-22-20(29)13-18(14-21(22)30)26(31,27(32,33)34)28(35,36)37/h4-6,9-15H,3,7-8H2,1-2H3,(H,39,41). The third kappa shape index (κ3) is 6.72. The van der Waals surface area contributed by atoms with Crippen molar-refractivity contribution in [2.24, 2.45) is 5.92 Å². The first-order chi connectivity index (χ1) is 19.6. The van der Waals surface area contributed by atoms with E-state index in [0.29, 0.717) is 30.4 Å². The molecule has 0 fully saturated rings. The minimum absolute atomic E-state index is 0.0269. The average Bonchev–Trinajstić information content (AvgIpc) is 2.93. The first-order valence-electron chi connectivity index (χ1n) is 12.3. The van der Waals surface area contributed by atoms with Gasteiger partial charge in [-0.15, -0.1) is 0 Å². The normalized spacial score (nSPS) is 13.0. The monoisotopic (exact) mass is 682 g/mol. The molecule has 0 spiro atoms. The SMILES string of the molecule is CCC(CCc1cccc(C(=O)Nc2c(Cl)cc(C(F)(C(F)(F)F)C(F)(F)F)cc2Br)c1OC)C(=O)c1ccncc1. The minimum atomic E-state index is -6.34. The number of alkyl halides is 7. The lowest BCUT2D eigenvalue weighted by Gasteiger charge is -2.30. The van der Waals surface area contributed by atoms with E-state index in [1.807, 2.05) is 6.92 Å². The van der Waals surface area contributed by atoms with E-state index in [4.69, 9.17) is 16.3 Å². The maximum absolute atomic E-state index is 14.5. The van der Waals surface area contributed by atoms with Crippen molar-refractivity contribution >= 4 is 44.9 Å². The molecule has 1 unspecified atom stereocenters. The zero-order chi connectivity index (χ0) is 31.5. The fourth-order valence-electron chi connectivity index (χ4n) is 4.36. The summed E-state index contributed by atoms with van der Waals surface area (Å²) in [7, 11) is 1.31. The average molecular weight is 684 g/mol. The number of methoxy groups -OCH3 is 1. The molecule has 42 heavy (non-hydrogen) atoms. The van der Waals surface area contributed by atoms with Crippen molar-refractivity contribution in [2.45, 2.75) is 44.2 Å². The number of hydrogen-bond donors (Lipinski definition) is 1. The minimum Gasteiger partial charge on any atom is -0.496 e. The Balaban J connectivity index is 1.88. The van der Waals surface area contributed by atoms with E-state index in [-0.39, 0.29) is 35.1 Å². The number of aryl methyl sites for hydroxylation is 1. The van der Waals surface area contributed by atoms with Crippen LogP contribution in [-0.4, -0.2) is 36.1 Å². The quantitative estimate of drug-likeness (QED) is 0.171. The molecule has 1 aromatic heterocycles. The Hall–Kier alpha value is -3.19. The third-order valence-corrected chi connectivity index (χ3v) is 7.52. The van der Waals surface area contributed by atoms with Gasteiger partial charge in [-0.2, -0.15) is 26.3 Å². The van der Waals surface area contributed by atoms with Gasteiger partial charge in [-0.05, 0) is 71.1 Å². The van der Waals surface area contributed by atoms with Crippen molar-refractivity contribution in [3.63, 3.8) is 0 Å². The van der Waals surface area contributed by atoms with E-state index in [1.54, 1.807) is 24.3 Å². The van der Waals surface area contributed by atoms with Crippen molar-refractivity contribution in [3.8, 4) is 5.75 Å². The van der Waals surface area contributed by atoms with E-state index >= 15 is 0 Å². The first kappa shape index (κ1) is 33.3. The van der Waals surface area contributed by atoms with Crippen LogP contribution in [0.2, 0.25) is 5.02 Å². The number of carbonyl (C=O) groups is 2. The van der Waals surface area contributed by atoms with Gasteiger partial charge in [-0.25, -0.2) is 4.39 Å². The maximum Gasteiger partial charge on any atom is 0.435 e. The second kappa shape index (κ2) is 13.0. The van der Waals surface area contributed by atoms with Crippen LogP contribution < -0.4 is 10.1 Å². The number of hydrogen-bond acceptors (Lipinski definition) is 4. The molecule has 0 aliphatic rings. The van der Waals surface area contributed by atoms with Crippen molar-refractivity contribution in [2.75, 3.05) is 12.4 Å². The molecule has 1 heterocycles. The number of anilines is 1. The molecule has 0 radical (unpaired) electrons. The molecule has 0 aliphatic heterocycles. The van der Waals surface area contributed by atoms with Gasteiger partial charge in [-0.3, -0.25) is 14.6 Å². The number of ether oxygens (including phenoxy) is 1. The number of halogens is 9. The third-order valence-electron chi connectivity index (χ3n) is 6.60. The summed E-state index contributed by atoms with van der Waals surface area (Å²) >= 11 is 8.73. The molecule has 0 bridgehead atoms. The van der Waals surface area contributed by atoms with Gasteiger partial charge in [0.2, 0.25) is 0 Å². The van der Waals surface area contributed by atoms with Crippen LogP contribution in [0.3, 0.4) is 0 Å². The molecule has 3 aromatic rings. The van der Waals surface area contributed by atoms with Gasteiger partial charge in [-0.1, -0.05) is 30.7 Å². The van der Waals surface area contributed by atoms with Crippen LogP contribution in [-0.2, 0) is 12.1 Å². The summed E-state index contributed by atoms with van der Waals surface area (Å²) in [4.78, 5) is 30.0. The zero-order valence-corrected chi connectivity index (χ0v) is 24.3. The highest BCUT2D eigenvalue weighted by atomic mass is 79.9. The zero-order valence-electron chi connectivity index (χ0n) is 22.0. The summed E-state index contributed by atoms with van der Waals surface area (Å²) in [5, 5.41) is 1.55. The number of amides is 1. The summed E-state index contributed by atoms with van der Waals surface area (Å²) < 4.78 is 98.7. The van der Waals surface area contributed by atoms with Crippen LogP contribution in [0.25, 0.3) is 0 Å². The maximum atomic E-state index is 14.5. The lowest BCUT2D eigenvalue weighted by Crippen LogP contribution is -2.50. The number of benzene rings is 2. The molecular weight excluding hydrogens is 661 g/mol. The number of nitrogens with one attached hydrogen (secondary N) is 1. The van der Waals surface area contributed by atoms with E-state index < -0.39 is 44.7 Å². The molecule has 226 valence electrons. The van der Waals surface area contributed by atoms with Gasteiger partial charge in [0.05, 0.1) is 23.4 Å². The number of para-hydroxylation sites is 1. The Morgan fingerprint density at radius 3 is 2.17 bits per heavy atom. The van der Waals surface area contributed by atoms with Crippen LogP contribution in [0.4, 0.5) is 36.4 Å². The molecule has 3 rings (SSSR count). The van der Waals surface area contributed by atoms with Crippen LogP contribution in [0.15, 0.2) is 59.3 Å². The van der Waals surface area contributed by atoms with Crippen molar-refractivity contribution in [1.82, 2.24) is 4.98 Å². The molecule has 1 atom stereocenters. The molecule has 0 saturated carbocycles. The molecule has 1 amide bonds. The number of nitrogens with zero attached hydrogens (tertiary/aromatic N) is 1. The molecule has 14 heteroatoms. The first-order valence-corrected chi connectivity index (χ1v) is 13.5. The van der Waals surface area contributed by atoms with Gasteiger partial charge < -0.3 is 10.1 Å². The highest BCUT2D eigenvalue weighted by molar-refractivity contribution is 9.10. The predicted octanol–water partition coefficient (Wildman–Crippen LogP) is 8.89. The van der Waals surface area contributed by atoms with Crippen molar-refractivity contribution < 1.29 is 45.1 Å². The molecule has 0 saturated heterocycles. The molecule has 0 aliphatic carbocycles. The van der Waals surface area contributed by atoms with Crippen LogP contribution in [0, 0.1) is 5.92 Å². The highest BCUT2D eigenvalue weighted by Gasteiger charge is 2.73. The smallest absolute Gasteiger partial charge is 0.435 e. The van der Waals surface area contributed by atoms with Crippen LogP contribution >= 0.6 is 27.5 Å². The highest BCUT2D eigenvalue weighted by Crippen LogP contribution is 2.54. The summed E-state index contributed by atoms with van der Waals surface area (Å²) in [6.07, 6.45) is -8.34. The second-order valence-corrected chi connectivity index (χ2v) is 10.4. The lowest BCUT2D eigenvalue weighted by atomic mass is 9.89. The Kier molecular flexibility index (Phi) is 10.3. The van der Waals surface area contributed by atoms with Crippen molar-refractivity contribution in [3.05, 3.63) is 86.6 Å². The van der Waals surface area contributed by atoms with Gasteiger partial charge in [0.25, 0.3) is 5.91 Å². The Bertz CT molecular complexity index is 1410. The number of aromatic nitrogens is 1. The Labute approximate surface area is 249 Å². The summed E-state index contributed by atoms with van der Waals surface area (Å²) in [5.74, 6) is -1.12. The molecule has 2 aromatic carbocycles. The number of rotatable bonds is 10. The number of carbonyl (C=O) groups excluding carboxylic acids is 2. The van der Waals surface area contributed by atoms with Crippen molar-refractivity contribution in [1.29, 1.82) is 0 Å². The van der Waals surface area contributed by atoms with Gasteiger partial charge in [0.15, 0.2) is 5.78 Å². The topological polar surface area (TPSA) is 68.3 Å². The summed E-state index contributed by atoms with van der Waals surface area (Å²) in [6.45, 7) is 1.87. The van der Waals surface area contributed by atoms with E-state index in [0.717, 1.165) is 0 Å². The van der Waals surface area contributed by atoms with E-state index in [1.165, 1.54) is 25.6 Å². The van der Waals surface area contributed by atoms with Gasteiger partial charge in [0, 0.05) is 33.9 Å². The Morgan fingerprint density at radius 1 is 1.02 bits per heavy atom. The second-order valence-electron chi connectivity index (χ2n) is 9.16. The summed E-state index contributed by atoms with van der Waals surface area (Å²) in [5.41, 5.74) is -6.85. The lowest BCUT2D eigenvalue weighted by molar-refractivity contribution is -0.348. The Morgan fingerprint density at radius 2 is 1.64 bits per heavy atom. The fraction of sp³-hybridized carbons (Fsp3) is 0.321. The predicted molar refractivity (Wildman–Crippen MR) is 146 cm³/mol. The number of Topliss-reactive ketones (excluding diaryl/α,β-unsaturated/α-hetero) is 1. The number of ketones is 1. The van der Waals surface area contributed by atoms with Gasteiger partial charge >= 0.3 is 18.0 Å². The van der Waals surface area contributed by atoms with E-state index in [2.05, 4.69) is 26.2 Å². The largest absolute Gasteiger partial charge is 0.496 e. The fourth-order valence-corrected chi connectivity index (χ4v) is 5.30. The number of pyridine rings is 1. The van der Waals surface area contributed by atoms with Crippen LogP contribution in [0.5, 0.6) is 5.75 Å². The molecular formula is C28H23BrClF7N2O3. The molecule has 5 nitrogen and oxygen atoms in total. The summed E-state index contributed by atoms with van der Waals surface area (Å²) in [6, 6.07) is 8.25.